The largest absolute Gasteiger partial charge is 0.297 e. The third-order valence-electron chi connectivity index (χ3n) is 3.09. The van der Waals surface area contributed by atoms with Gasteiger partial charge in [-0.2, -0.15) is 0 Å². The maximum atomic E-state index is 13.7. The molecule has 0 saturated heterocycles. The number of aldehydes is 1. The lowest BCUT2D eigenvalue weighted by atomic mass is 10.1. The Hall–Kier alpha value is -1.07. The van der Waals surface area contributed by atoms with Gasteiger partial charge in [0, 0.05) is 9.75 Å². The van der Waals surface area contributed by atoms with E-state index in [1.165, 1.54) is 35.5 Å². The summed E-state index contributed by atoms with van der Waals surface area (Å²) in [5.41, 5.74) is 0. The van der Waals surface area contributed by atoms with Crippen molar-refractivity contribution in [3.05, 3.63) is 33.5 Å². The first kappa shape index (κ1) is 15.3. The molecule has 0 radical (unpaired) electrons. The van der Waals surface area contributed by atoms with E-state index in [2.05, 4.69) is 6.92 Å². The third kappa shape index (κ3) is 3.33. The molecule has 5 heteroatoms. The average molecular weight is 314 g/mol. The Morgan fingerprint density at radius 1 is 1.10 bits per heavy atom. The van der Waals surface area contributed by atoms with E-state index in [1.54, 1.807) is 0 Å². The van der Waals surface area contributed by atoms with E-state index in [1.807, 2.05) is 12.1 Å². The maximum absolute atomic E-state index is 13.7. The molecule has 20 heavy (non-hydrogen) atoms. The average Bonchev–Trinajstić information content (AvgIpc) is 3.02. The standard InChI is InChI=1S/C15H16F2OS2/c1-2-3-4-5-6-10-7-8-11(19-10)15-14(17)13(16)12(9-18)20-15/h7-9H,2-6H2,1H3. The van der Waals surface area contributed by atoms with Crippen LogP contribution >= 0.6 is 22.7 Å². The van der Waals surface area contributed by atoms with E-state index in [0.29, 0.717) is 11.2 Å². The SMILES string of the molecule is CCCCCCc1ccc(-c2sc(C=O)c(F)c2F)s1. The van der Waals surface area contributed by atoms with Gasteiger partial charge in [-0.3, -0.25) is 4.79 Å². The molecule has 0 N–H and O–H groups in total. The Balaban J connectivity index is 2.10. The van der Waals surface area contributed by atoms with Crippen LogP contribution in [0.5, 0.6) is 0 Å². The Labute approximate surface area is 125 Å². The molecule has 0 amide bonds. The van der Waals surface area contributed by atoms with Gasteiger partial charge >= 0.3 is 0 Å². The Kier molecular flexibility index (Phi) is 5.43. The molecule has 0 aliphatic heterocycles. The summed E-state index contributed by atoms with van der Waals surface area (Å²) in [5.74, 6) is -1.94. The number of thiophene rings is 2. The van der Waals surface area contributed by atoms with Crippen molar-refractivity contribution in [1.29, 1.82) is 0 Å². The molecule has 0 spiro atoms. The maximum Gasteiger partial charge on any atom is 0.180 e. The second-order valence-electron chi connectivity index (χ2n) is 4.62. The van der Waals surface area contributed by atoms with Crippen LogP contribution in [0, 0.1) is 11.6 Å². The highest BCUT2D eigenvalue weighted by Gasteiger charge is 2.20. The summed E-state index contributed by atoms with van der Waals surface area (Å²) in [6.07, 6.45) is 6.08. The third-order valence-corrected chi connectivity index (χ3v) is 5.48. The van der Waals surface area contributed by atoms with Crippen molar-refractivity contribution >= 4 is 29.0 Å². The van der Waals surface area contributed by atoms with Crippen LogP contribution in [0.3, 0.4) is 0 Å². The van der Waals surface area contributed by atoms with Crippen LogP contribution in [0.25, 0.3) is 9.75 Å². The summed E-state index contributed by atoms with van der Waals surface area (Å²) in [6.45, 7) is 2.17. The van der Waals surface area contributed by atoms with Gasteiger partial charge in [-0.05, 0) is 25.0 Å². The fourth-order valence-electron chi connectivity index (χ4n) is 2.00. The van der Waals surface area contributed by atoms with E-state index in [0.717, 1.165) is 24.2 Å². The van der Waals surface area contributed by atoms with E-state index >= 15 is 0 Å². The lowest BCUT2D eigenvalue weighted by molar-refractivity contribution is 0.112. The molecule has 0 saturated carbocycles. The highest BCUT2D eigenvalue weighted by molar-refractivity contribution is 7.22. The van der Waals surface area contributed by atoms with Gasteiger partial charge in [-0.15, -0.1) is 22.7 Å². The van der Waals surface area contributed by atoms with E-state index < -0.39 is 11.6 Å². The summed E-state index contributed by atoms with van der Waals surface area (Å²) in [6, 6.07) is 3.77. The molecule has 0 aromatic carbocycles. The smallest absolute Gasteiger partial charge is 0.180 e. The number of aryl methyl sites for hydroxylation is 1. The lowest BCUT2D eigenvalue weighted by Crippen LogP contribution is -1.81. The number of hydrogen-bond donors (Lipinski definition) is 0. The molecule has 1 nitrogen and oxygen atoms in total. The molecule has 0 atom stereocenters. The van der Waals surface area contributed by atoms with E-state index in [9.17, 15) is 13.6 Å². The van der Waals surface area contributed by atoms with Crippen LogP contribution in [0.4, 0.5) is 8.78 Å². The topological polar surface area (TPSA) is 17.1 Å². The second kappa shape index (κ2) is 7.09. The van der Waals surface area contributed by atoms with Gasteiger partial charge in [0.25, 0.3) is 0 Å². The molecule has 0 bridgehead atoms. The minimum absolute atomic E-state index is 0.171. The van der Waals surface area contributed by atoms with Crippen molar-refractivity contribution < 1.29 is 13.6 Å². The monoisotopic (exact) mass is 314 g/mol. The van der Waals surface area contributed by atoms with Crippen LogP contribution in [0.2, 0.25) is 0 Å². The van der Waals surface area contributed by atoms with Crippen molar-refractivity contribution in [2.45, 2.75) is 39.0 Å². The van der Waals surface area contributed by atoms with Gasteiger partial charge in [-0.25, -0.2) is 8.78 Å². The Bertz CT molecular complexity index is 587. The minimum Gasteiger partial charge on any atom is -0.297 e. The molecule has 0 aliphatic carbocycles. The first-order valence-electron chi connectivity index (χ1n) is 6.69. The fraction of sp³-hybridized carbons (Fsp3) is 0.400. The predicted molar refractivity (Wildman–Crippen MR) is 80.8 cm³/mol. The first-order valence-corrected chi connectivity index (χ1v) is 8.32. The zero-order chi connectivity index (χ0) is 14.5. The number of halogens is 2. The van der Waals surface area contributed by atoms with Gasteiger partial charge in [0.05, 0.1) is 4.88 Å². The molecule has 0 unspecified atom stereocenters. The van der Waals surface area contributed by atoms with Crippen LogP contribution in [0.15, 0.2) is 12.1 Å². The number of unbranched alkanes of at least 4 members (excludes halogenated alkanes) is 3. The van der Waals surface area contributed by atoms with Crippen molar-refractivity contribution in [1.82, 2.24) is 0 Å². The Morgan fingerprint density at radius 2 is 1.90 bits per heavy atom. The molecular formula is C15H16F2OS2. The summed E-state index contributed by atoms with van der Waals surface area (Å²) >= 11 is 2.36. The summed E-state index contributed by atoms with van der Waals surface area (Å²) in [7, 11) is 0. The van der Waals surface area contributed by atoms with Crippen molar-refractivity contribution in [3.8, 4) is 9.75 Å². The quantitative estimate of drug-likeness (QED) is 0.474. The molecule has 0 aliphatic rings. The zero-order valence-corrected chi connectivity index (χ0v) is 12.9. The fourth-order valence-corrected chi connectivity index (χ4v) is 4.03. The van der Waals surface area contributed by atoms with Crippen LogP contribution in [-0.2, 0) is 6.42 Å². The van der Waals surface area contributed by atoms with E-state index in [-0.39, 0.29) is 9.75 Å². The highest BCUT2D eigenvalue weighted by Crippen LogP contribution is 2.38. The second-order valence-corrected chi connectivity index (χ2v) is 6.84. The van der Waals surface area contributed by atoms with Gasteiger partial charge in [0.2, 0.25) is 0 Å². The van der Waals surface area contributed by atoms with Gasteiger partial charge in [0.1, 0.15) is 4.88 Å². The summed E-state index contributed by atoms with van der Waals surface area (Å²) in [5, 5.41) is 0. The zero-order valence-electron chi connectivity index (χ0n) is 11.2. The highest BCUT2D eigenvalue weighted by atomic mass is 32.1. The van der Waals surface area contributed by atoms with Crippen molar-refractivity contribution in [2.24, 2.45) is 0 Å². The first-order chi connectivity index (χ1) is 9.67. The molecule has 2 aromatic rings. The number of carbonyl (C=O) groups is 1. The molecule has 0 fully saturated rings. The van der Waals surface area contributed by atoms with Gasteiger partial charge in [0.15, 0.2) is 17.9 Å². The van der Waals surface area contributed by atoms with Crippen molar-refractivity contribution in [3.63, 3.8) is 0 Å². The number of carbonyl (C=O) groups excluding carboxylic acids is 1. The molecular weight excluding hydrogens is 298 g/mol. The predicted octanol–water partition coefficient (Wildman–Crippen LogP) is 5.69. The minimum atomic E-state index is -1.03. The van der Waals surface area contributed by atoms with Crippen molar-refractivity contribution in [2.75, 3.05) is 0 Å². The van der Waals surface area contributed by atoms with Crippen LogP contribution < -0.4 is 0 Å². The number of rotatable bonds is 7. The van der Waals surface area contributed by atoms with Gasteiger partial charge in [-0.1, -0.05) is 26.2 Å². The van der Waals surface area contributed by atoms with Crippen LogP contribution in [-0.4, -0.2) is 6.29 Å². The molecule has 2 aromatic heterocycles. The molecule has 2 rings (SSSR count). The Morgan fingerprint density at radius 3 is 2.55 bits per heavy atom. The lowest BCUT2D eigenvalue weighted by Gasteiger charge is -1.96. The van der Waals surface area contributed by atoms with Crippen LogP contribution in [0.1, 0.15) is 47.2 Å². The molecule has 2 heterocycles. The van der Waals surface area contributed by atoms with E-state index in [4.69, 9.17) is 0 Å². The normalized spacial score (nSPS) is 10.9. The molecule has 108 valence electrons. The van der Waals surface area contributed by atoms with Gasteiger partial charge < -0.3 is 0 Å². The number of hydrogen-bond acceptors (Lipinski definition) is 3. The summed E-state index contributed by atoms with van der Waals surface area (Å²) in [4.78, 5) is 12.6. The summed E-state index contributed by atoms with van der Waals surface area (Å²) < 4.78 is 27.2.